The first-order chi connectivity index (χ1) is 11.6. The smallest absolute Gasteiger partial charge is 0.0423 e. The summed E-state index contributed by atoms with van der Waals surface area (Å²) in [6.45, 7) is 7.91. The number of benzene rings is 1. The minimum absolute atomic E-state index is 0.599. The molecule has 1 unspecified atom stereocenters. The van der Waals surface area contributed by atoms with E-state index in [9.17, 15) is 0 Å². The van der Waals surface area contributed by atoms with Crippen molar-refractivity contribution in [1.29, 1.82) is 0 Å². The number of unbranched alkanes of at least 4 members (excludes halogenated alkanes) is 1. The molecule has 1 aromatic rings. The lowest BCUT2D eigenvalue weighted by atomic mass is 9.88. The molecule has 24 heavy (non-hydrogen) atoms. The monoisotopic (exact) mass is 328 g/mol. The van der Waals surface area contributed by atoms with Gasteiger partial charge in [0, 0.05) is 32.0 Å². The van der Waals surface area contributed by atoms with E-state index in [0.29, 0.717) is 5.92 Å². The van der Waals surface area contributed by atoms with Crippen LogP contribution in [0.1, 0.15) is 82.8 Å². The maximum absolute atomic E-state index is 3.36. The quantitative estimate of drug-likeness (QED) is 0.572. The Morgan fingerprint density at radius 3 is 2.54 bits per heavy atom. The van der Waals surface area contributed by atoms with Gasteiger partial charge in [-0.25, -0.2) is 0 Å². The van der Waals surface area contributed by atoms with E-state index in [2.05, 4.69) is 56.2 Å². The number of nitrogens with zero attached hydrogens (tertiary/aromatic N) is 1. The van der Waals surface area contributed by atoms with Crippen LogP contribution in [-0.2, 0) is 6.54 Å². The molecule has 1 aliphatic carbocycles. The van der Waals surface area contributed by atoms with Crippen LogP contribution in [0.15, 0.2) is 29.5 Å². The van der Waals surface area contributed by atoms with Gasteiger partial charge in [0.15, 0.2) is 0 Å². The second-order valence-corrected chi connectivity index (χ2v) is 7.34. The molecule has 0 aliphatic heterocycles. The summed E-state index contributed by atoms with van der Waals surface area (Å²) in [6, 6.07) is 6.96. The van der Waals surface area contributed by atoms with Crippen molar-refractivity contribution < 1.29 is 0 Å². The van der Waals surface area contributed by atoms with Crippen LogP contribution in [0.4, 0.5) is 5.69 Å². The molecule has 1 fully saturated rings. The third-order valence-corrected chi connectivity index (χ3v) is 5.54. The van der Waals surface area contributed by atoms with Gasteiger partial charge in [-0.1, -0.05) is 44.9 Å². The number of hydrogen-bond donors (Lipinski definition) is 1. The Hall–Kier alpha value is -1.44. The van der Waals surface area contributed by atoms with Crippen LogP contribution >= 0.6 is 0 Å². The molecule has 0 radical (unpaired) electrons. The molecule has 134 valence electrons. The van der Waals surface area contributed by atoms with Gasteiger partial charge < -0.3 is 10.2 Å². The molecule has 2 heteroatoms. The summed E-state index contributed by atoms with van der Waals surface area (Å²) in [5, 5.41) is 3.36. The second-order valence-electron chi connectivity index (χ2n) is 7.34. The number of rotatable bonds is 9. The molecule has 1 N–H and O–H groups in total. The zero-order chi connectivity index (χ0) is 17.5. The van der Waals surface area contributed by atoms with Crippen LogP contribution in [0, 0.1) is 0 Å². The van der Waals surface area contributed by atoms with Crippen molar-refractivity contribution in [2.75, 3.05) is 19.4 Å². The zero-order valence-corrected chi connectivity index (χ0v) is 16.4. The molecule has 1 atom stereocenters. The lowest BCUT2D eigenvalue weighted by Crippen LogP contribution is -2.21. The largest absolute Gasteiger partial charge is 0.388 e. The van der Waals surface area contributed by atoms with Gasteiger partial charge in [0.25, 0.3) is 0 Å². The molecule has 0 amide bonds. The fourth-order valence-electron chi connectivity index (χ4n) is 3.56. The van der Waals surface area contributed by atoms with Gasteiger partial charge >= 0.3 is 0 Å². The van der Waals surface area contributed by atoms with E-state index in [-0.39, 0.29) is 0 Å². The molecular formula is C22H36N2. The van der Waals surface area contributed by atoms with Crippen molar-refractivity contribution in [2.24, 2.45) is 0 Å². The Labute approximate surface area is 149 Å². The first-order valence-corrected chi connectivity index (χ1v) is 9.83. The van der Waals surface area contributed by atoms with E-state index in [1.165, 1.54) is 61.8 Å². The van der Waals surface area contributed by atoms with E-state index >= 15 is 0 Å². The standard InChI is InChI=1S/C22H36N2/c1-6-8-12-22(19-10-9-11-19)24(5)16-18-13-14-21(23-4)20(15-18)17(3)7-2/h13-15,17,23H,6-12,16H2,1-5H3. The summed E-state index contributed by atoms with van der Waals surface area (Å²) in [5.41, 5.74) is 7.49. The highest BCUT2D eigenvalue weighted by molar-refractivity contribution is 5.54. The molecule has 0 aromatic heterocycles. The predicted octanol–water partition coefficient (Wildman–Crippen LogP) is 6.30. The van der Waals surface area contributed by atoms with E-state index in [1.54, 1.807) is 11.3 Å². The molecule has 0 spiro atoms. The molecule has 2 nitrogen and oxygen atoms in total. The van der Waals surface area contributed by atoms with E-state index in [0.717, 1.165) is 6.54 Å². The first kappa shape index (κ1) is 18.9. The van der Waals surface area contributed by atoms with Crippen LogP contribution in [0.2, 0.25) is 0 Å². The molecule has 0 bridgehead atoms. The van der Waals surface area contributed by atoms with Gasteiger partial charge in [0.05, 0.1) is 0 Å². The van der Waals surface area contributed by atoms with Gasteiger partial charge in [-0.15, -0.1) is 0 Å². The lowest BCUT2D eigenvalue weighted by molar-refractivity contribution is 0.373. The Morgan fingerprint density at radius 1 is 1.25 bits per heavy atom. The topological polar surface area (TPSA) is 15.3 Å². The fraction of sp³-hybridized carbons (Fsp3) is 0.636. The predicted molar refractivity (Wildman–Crippen MR) is 107 cm³/mol. The van der Waals surface area contributed by atoms with Gasteiger partial charge in [0.2, 0.25) is 0 Å². The SMILES string of the molecule is CCCCC(=C1CCC1)N(C)Cc1ccc(NC)c(C(C)CC)c1. The number of allylic oxidation sites excluding steroid dienone is 2. The minimum Gasteiger partial charge on any atom is -0.388 e. The van der Waals surface area contributed by atoms with Crippen LogP contribution in [-0.4, -0.2) is 19.0 Å². The number of hydrogen-bond acceptors (Lipinski definition) is 2. The van der Waals surface area contributed by atoms with Crippen LogP contribution in [0.3, 0.4) is 0 Å². The van der Waals surface area contributed by atoms with Gasteiger partial charge in [0.1, 0.15) is 0 Å². The Morgan fingerprint density at radius 2 is 2.00 bits per heavy atom. The maximum atomic E-state index is 3.36. The summed E-state index contributed by atoms with van der Waals surface area (Å²) in [7, 11) is 4.31. The Balaban J connectivity index is 2.16. The van der Waals surface area contributed by atoms with Crippen LogP contribution < -0.4 is 5.32 Å². The van der Waals surface area contributed by atoms with Crippen molar-refractivity contribution in [3.05, 3.63) is 40.6 Å². The molecular weight excluding hydrogens is 292 g/mol. The van der Waals surface area contributed by atoms with Crippen molar-refractivity contribution in [2.45, 2.75) is 78.2 Å². The fourth-order valence-corrected chi connectivity index (χ4v) is 3.56. The van der Waals surface area contributed by atoms with Crippen LogP contribution in [0.5, 0.6) is 0 Å². The van der Waals surface area contributed by atoms with Crippen LogP contribution in [0.25, 0.3) is 0 Å². The normalized spacial score (nSPS) is 15.0. The Bertz CT molecular complexity index is 553. The van der Waals surface area contributed by atoms with Crippen molar-refractivity contribution in [3.63, 3.8) is 0 Å². The summed E-state index contributed by atoms with van der Waals surface area (Å²) in [6.07, 6.45) is 9.03. The maximum Gasteiger partial charge on any atom is 0.0423 e. The van der Waals surface area contributed by atoms with E-state index < -0.39 is 0 Å². The third kappa shape index (κ3) is 4.55. The second kappa shape index (κ2) is 9.15. The number of nitrogens with one attached hydrogen (secondary N) is 1. The highest BCUT2D eigenvalue weighted by Crippen LogP contribution is 2.33. The summed E-state index contributed by atoms with van der Waals surface area (Å²) in [4.78, 5) is 2.51. The molecule has 0 heterocycles. The summed E-state index contributed by atoms with van der Waals surface area (Å²) >= 11 is 0. The van der Waals surface area contributed by atoms with Crippen molar-refractivity contribution in [1.82, 2.24) is 4.90 Å². The lowest BCUT2D eigenvalue weighted by Gasteiger charge is -2.30. The van der Waals surface area contributed by atoms with Crippen molar-refractivity contribution in [3.8, 4) is 0 Å². The minimum atomic E-state index is 0.599. The zero-order valence-electron chi connectivity index (χ0n) is 16.4. The highest BCUT2D eigenvalue weighted by Gasteiger charge is 2.18. The van der Waals surface area contributed by atoms with Gasteiger partial charge in [-0.05, 0) is 61.6 Å². The van der Waals surface area contributed by atoms with Gasteiger partial charge in [-0.2, -0.15) is 0 Å². The van der Waals surface area contributed by atoms with E-state index in [1.807, 2.05) is 7.05 Å². The third-order valence-electron chi connectivity index (χ3n) is 5.54. The first-order valence-electron chi connectivity index (χ1n) is 9.83. The molecule has 1 aromatic carbocycles. The molecule has 0 saturated heterocycles. The highest BCUT2D eigenvalue weighted by atomic mass is 15.1. The summed E-state index contributed by atoms with van der Waals surface area (Å²) in [5.74, 6) is 0.599. The average Bonchev–Trinajstić information content (AvgIpc) is 2.55. The van der Waals surface area contributed by atoms with Gasteiger partial charge in [-0.3, -0.25) is 0 Å². The summed E-state index contributed by atoms with van der Waals surface area (Å²) < 4.78 is 0. The van der Waals surface area contributed by atoms with E-state index in [4.69, 9.17) is 0 Å². The Kier molecular flexibility index (Phi) is 7.20. The molecule has 1 aliphatic rings. The van der Waals surface area contributed by atoms with Crippen molar-refractivity contribution >= 4 is 5.69 Å². The molecule has 1 saturated carbocycles. The molecule has 2 rings (SSSR count). The average molecular weight is 329 g/mol. The number of anilines is 1.